The van der Waals surface area contributed by atoms with E-state index in [2.05, 4.69) is 65.4 Å². The summed E-state index contributed by atoms with van der Waals surface area (Å²) in [6.07, 6.45) is 12.0. The SMILES string of the molecule is C[C@H]1C=CC(CN2CCC(F)(F)C2)=CC(c2ccc(N)c(C(=N)c3cc4c(N5CCCCC5)cccc4[nH]3)c2)=C1. The van der Waals surface area contributed by atoms with Gasteiger partial charge in [-0.3, -0.25) is 10.3 Å². The number of nitrogens with two attached hydrogens (primary N) is 1. The smallest absolute Gasteiger partial charge is 0.261 e. The van der Waals surface area contributed by atoms with Crippen molar-refractivity contribution in [2.45, 2.75) is 38.5 Å². The number of fused-ring (bicyclic) bond motifs is 1. The fourth-order valence-corrected chi connectivity index (χ4v) is 6.17. The van der Waals surface area contributed by atoms with Crippen molar-refractivity contribution in [2.75, 3.05) is 43.4 Å². The van der Waals surface area contributed by atoms with Gasteiger partial charge >= 0.3 is 0 Å². The van der Waals surface area contributed by atoms with E-state index in [1.165, 1.54) is 24.9 Å². The first-order valence-electron chi connectivity index (χ1n) is 14.3. The molecule has 208 valence electrons. The molecule has 2 aliphatic heterocycles. The van der Waals surface area contributed by atoms with E-state index in [1.807, 2.05) is 23.1 Å². The Balaban J connectivity index is 1.30. The van der Waals surface area contributed by atoms with E-state index in [1.54, 1.807) is 0 Å². The standard InChI is InChI=1S/C33H37F2N5/c1-22-8-9-23(20-39-15-12-33(34,35)21-39)17-25(16-22)24-10-11-28(36)26(18-24)32(37)30-19-27-29(38-30)6-5-7-31(27)40-13-3-2-4-14-40/h5-11,16-19,22,37-38H,2-4,12-15,20-21,36H2,1H3/t22-/m0/s1. The highest BCUT2D eigenvalue weighted by molar-refractivity contribution is 6.15. The Morgan fingerprint density at radius 1 is 1.10 bits per heavy atom. The first-order chi connectivity index (χ1) is 19.3. The zero-order chi connectivity index (χ0) is 27.9. The van der Waals surface area contributed by atoms with Crippen molar-refractivity contribution in [3.8, 4) is 0 Å². The Bertz CT molecular complexity index is 1520. The molecule has 0 radical (unpaired) electrons. The molecule has 1 aliphatic carbocycles. The van der Waals surface area contributed by atoms with Crippen LogP contribution < -0.4 is 10.6 Å². The molecular weight excluding hydrogens is 504 g/mol. The van der Waals surface area contributed by atoms with Gasteiger partial charge in [0.15, 0.2) is 0 Å². The van der Waals surface area contributed by atoms with Crippen LogP contribution in [-0.4, -0.2) is 54.2 Å². The highest BCUT2D eigenvalue weighted by Crippen LogP contribution is 2.33. The van der Waals surface area contributed by atoms with E-state index in [-0.39, 0.29) is 18.9 Å². The van der Waals surface area contributed by atoms with Gasteiger partial charge in [0.25, 0.3) is 5.92 Å². The fourth-order valence-electron chi connectivity index (χ4n) is 6.17. The summed E-state index contributed by atoms with van der Waals surface area (Å²) in [6.45, 7) is 4.93. The van der Waals surface area contributed by atoms with Gasteiger partial charge in [0.05, 0.1) is 18.0 Å². The van der Waals surface area contributed by atoms with Crippen molar-refractivity contribution >= 4 is 33.6 Å². The average molecular weight is 542 g/mol. The summed E-state index contributed by atoms with van der Waals surface area (Å²) < 4.78 is 27.6. The van der Waals surface area contributed by atoms with Crippen LogP contribution in [0.1, 0.15) is 49.4 Å². The number of alkyl halides is 2. The number of rotatable bonds is 6. The van der Waals surface area contributed by atoms with Gasteiger partial charge in [-0.15, -0.1) is 0 Å². The van der Waals surface area contributed by atoms with E-state index in [0.717, 1.165) is 46.4 Å². The summed E-state index contributed by atoms with van der Waals surface area (Å²) in [4.78, 5) is 7.73. The molecule has 3 aliphatic rings. The van der Waals surface area contributed by atoms with E-state index >= 15 is 0 Å². The maximum absolute atomic E-state index is 13.8. The van der Waals surface area contributed by atoms with Crippen LogP contribution in [0.4, 0.5) is 20.2 Å². The number of anilines is 2. The molecule has 2 aromatic carbocycles. The largest absolute Gasteiger partial charge is 0.398 e. The molecule has 1 atom stereocenters. The summed E-state index contributed by atoms with van der Waals surface area (Å²) in [5, 5.41) is 10.3. The molecule has 4 N–H and O–H groups in total. The number of benzene rings is 2. The van der Waals surface area contributed by atoms with Crippen LogP contribution in [-0.2, 0) is 0 Å². The fraction of sp³-hybridized carbons (Fsp3) is 0.364. The van der Waals surface area contributed by atoms with Crippen molar-refractivity contribution in [3.05, 3.63) is 89.2 Å². The Morgan fingerprint density at radius 3 is 2.70 bits per heavy atom. The number of halogens is 2. The monoisotopic (exact) mass is 541 g/mol. The zero-order valence-corrected chi connectivity index (χ0v) is 23.0. The lowest BCUT2D eigenvalue weighted by atomic mass is 9.95. The highest BCUT2D eigenvalue weighted by Gasteiger charge is 2.38. The second-order valence-corrected chi connectivity index (χ2v) is 11.5. The van der Waals surface area contributed by atoms with Gasteiger partial charge in [0.2, 0.25) is 0 Å². The van der Waals surface area contributed by atoms with Gasteiger partial charge in [0.1, 0.15) is 0 Å². The summed E-state index contributed by atoms with van der Waals surface area (Å²) in [5.41, 5.74) is 13.9. The molecule has 2 fully saturated rings. The average Bonchev–Trinajstić information content (AvgIpc) is 3.48. The Labute approximate surface area is 234 Å². The summed E-state index contributed by atoms with van der Waals surface area (Å²) in [5.74, 6) is -2.42. The number of likely N-dealkylation sites (tertiary alicyclic amines) is 1. The Hall–Kier alpha value is -3.71. The second-order valence-electron chi connectivity index (χ2n) is 11.5. The molecule has 7 heteroatoms. The normalized spacial score (nSPS) is 21.4. The second kappa shape index (κ2) is 10.7. The molecule has 5 nitrogen and oxygen atoms in total. The molecule has 40 heavy (non-hydrogen) atoms. The van der Waals surface area contributed by atoms with E-state index in [9.17, 15) is 8.78 Å². The van der Waals surface area contributed by atoms with Crippen LogP contribution >= 0.6 is 0 Å². The van der Waals surface area contributed by atoms with Crippen molar-refractivity contribution in [2.24, 2.45) is 5.92 Å². The number of allylic oxidation sites excluding steroid dienone is 4. The van der Waals surface area contributed by atoms with Gasteiger partial charge in [-0.05, 0) is 72.2 Å². The number of aromatic amines is 1. The Morgan fingerprint density at radius 2 is 1.93 bits per heavy atom. The van der Waals surface area contributed by atoms with E-state index in [4.69, 9.17) is 11.1 Å². The lowest BCUT2D eigenvalue weighted by molar-refractivity contribution is 0.0131. The number of nitrogens with one attached hydrogen (secondary N) is 2. The number of hydrogen-bond donors (Lipinski definition) is 3. The molecule has 2 saturated heterocycles. The molecule has 0 amide bonds. The molecule has 0 saturated carbocycles. The minimum absolute atomic E-state index is 0.0835. The maximum Gasteiger partial charge on any atom is 0.261 e. The molecule has 6 rings (SSSR count). The molecule has 3 heterocycles. The van der Waals surface area contributed by atoms with Crippen LogP contribution in [0.5, 0.6) is 0 Å². The zero-order valence-electron chi connectivity index (χ0n) is 23.0. The predicted octanol–water partition coefficient (Wildman–Crippen LogP) is 7.01. The topological polar surface area (TPSA) is 72.1 Å². The lowest BCUT2D eigenvalue weighted by Crippen LogP contribution is -2.29. The van der Waals surface area contributed by atoms with Crippen LogP contribution in [0.3, 0.4) is 0 Å². The van der Waals surface area contributed by atoms with Gasteiger partial charge in [-0.2, -0.15) is 0 Å². The number of aromatic nitrogens is 1. The van der Waals surface area contributed by atoms with Crippen molar-refractivity contribution in [3.63, 3.8) is 0 Å². The van der Waals surface area contributed by atoms with Crippen LogP contribution in [0.25, 0.3) is 16.5 Å². The number of piperidine rings is 1. The highest BCUT2D eigenvalue weighted by atomic mass is 19.3. The van der Waals surface area contributed by atoms with Crippen LogP contribution in [0.2, 0.25) is 0 Å². The molecule has 3 aromatic rings. The van der Waals surface area contributed by atoms with E-state index in [0.29, 0.717) is 30.1 Å². The van der Waals surface area contributed by atoms with Crippen LogP contribution in [0.15, 0.2) is 72.3 Å². The van der Waals surface area contributed by atoms with Crippen molar-refractivity contribution < 1.29 is 8.78 Å². The minimum atomic E-state index is -2.61. The summed E-state index contributed by atoms with van der Waals surface area (Å²) in [6, 6.07) is 14.2. The number of hydrogen-bond acceptors (Lipinski definition) is 4. The Kier molecular flexibility index (Phi) is 7.09. The molecule has 0 spiro atoms. The first kappa shape index (κ1) is 26.5. The number of nitrogens with zero attached hydrogens (tertiary/aromatic N) is 2. The third kappa shape index (κ3) is 5.48. The lowest BCUT2D eigenvalue weighted by Gasteiger charge is -2.29. The first-order valence-corrected chi connectivity index (χ1v) is 14.3. The van der Waals surface area contributed by atoms with E-state index < -0.39 is 5.92 Å². The molecular formula is C33H37F2N5. The summed E-state index contributed by atoms with van der Waals surface area (Å²) in [7, 11) is 0. The van der Waals surface area contributed by atoms with Gasteiger partial charge in [-0.1, -0.05) is 43.4 Å². The minimum Gasteiger partial charge on any atom is -0.398 e. The maximum atomic E-state index is 13.8. The van der Waals surface area contributed by atoms with Crippen molar-refractivity contribution in [1.82, 2.24) is 9.88 Å². The summed E-state index contributed by atoms with van der Waals surface area (Å²) >= 11 is 0. The molecule has 0 bridgehead atoms. The van der Waals surface area contributed by atoms with Gasteiger partial charge in [-0.25, -0.2) is 8.78 Å². The predicted molar refractivity (Wildman–Crippen MR) is 162 cm³/mol. The molecule has 1 aromatic heterocycles. The third-order valence-corrected chi connectivity index (χ3v) is 8.32. The number of H-pyrrole nitrogens is 1. The number of nitrogen functional groups attached to an aromatic ring is 1. The molecule has 0 unspecified atom stereocenters. The van der Waals surface area contributed by atoms with Gasteiger partial charge < -0.3 is 15.6 Å². The third-order valence-electron chi connectivity index (χ3n) is 8.32. The van der Waals surface area contributed by atoms with Crippen LogP contribution in [0, 0.1) is 11.3 Å². The quantitative estimate of drug-likeness (QED) is 0.232. The van der Waals surface area contributed by atoms with Crippen molar-refractivity contribution in [1.29, 1.82) is 5.41 Å². The van der Waals surface area contributed by atoms with Gasteiger partial charge in [0, 0.05) is 60.4 Å².